The SMILES string of the molecule is Nn1cnn(C2CCc3c(F)cc(F)cc3C2)c1=S. The van der Waals surface area contributed by atoms with Crippen LogP contribution >= 0.6 is 12.2 Å². The first kappa shape index (κ1) is 12.3. The molecule has 3 rings (SSSR count). The van der Waals surface area contributed by atoms with Crippen LogP contribution in [0.4, 0.5) is 8.78 Å². The molecule has 2 aromatic rings. The minimum atomic E-state index is -0.551. The number of fused-ring (bicyclic) bond motifs is 1. The second-order valence-corrected chi connectivity index (χ2v) is 5.05. The van der Waals surface area contributed by atoms with E-state index in [1.165, 1.54) is 17.1 Å². The summed E-state index contributed by atoms with van der Waals surface area (Å²) in [5.74, 6) is 4.58. The molecule has 19 heavy (non-hydrogen) atoms. The van der Waals surface area contributed by atoms with Crippen LogP contribution in [0.3, 0.4) is 0 Å². The molecule has 0 amide bonds. The number of aromatic nitrogens is 3. The third-order valence-corrected chi connectivity index (χ3v) is 3.90. The first-order valence-electron chi connectivity index (χ1n) is 5.94. The Bertz CT molecular complexity index is 692. The van der Waals surface area contributed by atoms with Crippen LogP contribution in [-0.4, -0.2) is 14.5 Å². The van der Waals surface area contributed by atoms with Gasteiger partial charge in [0, 0.05) is 6.07 Å². The fourth-order valence-electron chi connectivity index (χ4n) is 2.57. The predicted molar refractivity (Wildman–Crippen MR) is 68.6 cm³/mol. The minimum Gasteiger partial charge on any atom is -0.336 e. The Morgan fingerprint density at radius 2 is 2.16 bits per heavy atom. The standard InChI is InChI=1S/C12H12F2N4S/c13-8-3-7-4-9(1-2-10(7)11(14)5-8)18-12(19)17(15)6-16-18/h3,5-6,9H,1-2,4,15H2. The molecule has 0 bridgehead atoms. The van der Waals surface area contributed by atoms with Crippen molar-refractivity contribution < 1.29 is 8.78 Å². The van der Waals surface area contributed by atoms with Gasteiger partial charge < -0.3 is 5.84 Å². The van der Waals surface area contributed by atoms with Crippen molar-refractivity contribution in [3.63, 3.8) is 0 Å². The molecule has 1 aromatic heterocycles. The van der Waals surface area contributed by atoms with Gasteiger partial charge in [-0.2, -0.15) is 5.10 Å². The number of nitrogens with two attached hydrogens (primary N) is 1. The lowest BCUT2D eigenvalue weighted by Gasteiger charge is -2.25. The van der Waals surface area contributed by atoms with Crippen LogP contribution in [0.5, 0.6) is 0 Å². The molecule has 0 aliphatic heterocycles. The molecule has 0 spiro atoms. The summed E-state index contributed by atoms with van der Waals surface area (Å²) in [6.45, 7) is 0. The molecule has 0 fully saturated rings. The monoisotopic (exact) mass is 282 g/mol. The molecular weight excluding hydrogens is 270 g/mol. The molecule has 2 N–H and O–H groups in total. The van der Waals surface area contributed by atoms with Gasteiger partial charge in [-0.05, 0) is 48.7 Å². The maximum atomic E-state index is 13.6. The second kappa shape index (κ2) is 4.41. The van der Waals surface area contributed by atoms with E-state index in [9.17, 15) is 8.78 Å². The van der Waals surface area contributed by atoms with E-state index in [0.29, 0.717) is 35.2 Å². The van der Waals surface area contributed by atoms with Crippen molar-refractivity contribution in [2.45, 2.75) is 25.3 Å². The summed E-state index contributed by atoms with van der Waals surface area (Å²) in [4.78, 5) is 0. The average molecular weight is 282 g/mol. The first-order valence-corrected chi connectivity index (χ1v) is 6.35. The molecule has 7 heteroatoms. The van der Waals surface area contributed by atoms with E-state index < -0.39 is 11.6 Å². The topological polar surface area (TPSA) is 48.8 Å². The lowest BCUT2D eigenvalue weighted by Crippen LogP contribution is -2.21. The van der Waals surface area contributed by atoms with Crippen LogP contribution in [0.25, 0.3) is 0 Å². The summed E-state index contributed by atoms with van der Waals surface area (Å²) in [6, 6.07) is 2.30. The van der Waals surface area contributed by atoms with Crippen molar-refractivity contribution in [3.8, 4) is 0 Å². The number of halogens is 2. The van der Waals surface area contributed by atoms with E-state index in [-0.39, 0.29) is 6.04 Å². The summed E-state index contributed by atoms with van der Waals surface area (Å²) in [5, 5.41) is 4.12. The van der Waals surface area contributed by atoms with Gasteiger partial charge in [-0.3, -0.25) is 0 Å². The molecule has 0 saturated carbocycles. The van der Waals surface area contributed by atoms with Crippen molar-refractivity contribution >= 4 is 12.2 Å². The summed E-state index contributed by atoms with van der Waals surface area (Å²) in [5.41, 5.74) is 1.28. The lowest BCUT2D eigenvalue weighted by molar-refractivity contribution is 0.390. The number of benzene rings is 1. The van der Waals surface area contributed by atoms with Gasteiger partial charge in [0.25, 0.3) is 0 Å². The van der Waals surface area contributed by atoms with Gasteiger partial charge in [0.05, 0.1) is 6.04 Å². The van der Waals surface area contributed by atoms with Crippen molar-refractivity contribution in [1.82, 2.24) is 14.5 Å². The summed E-state index contributed by atoms with van der Waals surface area (Å²) >= 11 is 5.15. The van der Waals surface area contributed by atoms with Crippen LogP contribution in [0, 0.1) is 16.4 Å². The number of rotatable bonds is 1. The number of hydrogen-bond acceptors (Lipinski definition) is 3. The molecule has 0 radical (unpaired) electrons. The highest BCUT2D eigenvalue weighted by atomic mass is 32.1. The zero-order chi connectivity index (χ0) is 13.6. The summed E-state index contributed by atoms with van der Waals surface area (Å²) in [6.07, 6.45) is 3.20. The van der Waals surface area contributed by atoms with Gasteiger partial charge in [0.1, 0.15) is 18.0 Å². The number of nitrogens with zero attached hydrogens (tertiary/aromatic N) is 3. The fourth-order valence-corrected chi connectivity index (χ4v) is 2.82. The van der Waals surface area contributed by atoms with Crippen LogP contribution in [0.2, 0.25) is 0 Å². The zero-order valence-electron chi connectivity index (χ0n) is 10.0. The van der Waals surface area contributed by atoms with E-state index in [2.05, 4.69) is 5.10 Å². The van der Waals surface area contributed by atoms with E-state index in [1.807, 2.05) is 0 Å². The van der Waals surface area contributed by atoms with Gasteiger partial charge >= 0.3 is 0 Å². The molecule has 1 aliphatic carbocycles. The minimum absolute atomic E-state index is 0.00833. The Hall–Kier alpha value is -1.76. The van der Waals surface area contributed by atoms with Gasteiger partial charge in [-0.15, -0.1) is 0 Å². The molecule has 1 aliphatic rings. The van der Waals surface area contributed by atoms with E-state index in [1.54, 1.807) is 4.68 Å². The average Bonchev–Trinajstić information content (AvgIpc) is 2.69. The van der Waals surface area contributed by atoms with E-state index >= 15 is 0 Å². The highest BCUT2D eigenvalue weighted by molar-refractivity contribution is 7.71. The molecule has 1 unspecified atom stereocenters. The Kier molecular flexibility index (Phi) is 2.85. The Morgan fingerprint density at radius 3 is 2.84 bits per heavy atom. The predicted octanol–water partition coefficient (Wildman–Crippen LogP) is 2.14. The molecule has 100 valence electrons. The maximum Gasteiger partial charge on any atom is 0.216 e. The first-order chi connectivity index (χ1) is 9.06. The van der Waals surface area contributed by atoms with Crippen LogP contribution < -0.4 is 5.84 Å². The maximum absolute atomic E-state index is 13.6. The molecule has 1 aromatic carbocycles. The summed E-state index contributed by atoms with van der Waals surface area (Å²) < 4.78 is 30.2. The second-order valence-electron chi connectivity index (χ2n) is 4.69. The zero-order valence-corrected chi connectivity index (χ0v) is 10.8. The highest BCUT2D eigenvalue weighted by Gasteiger charge is 2.24. The number of nitrogen functional groups attached to an aromatic ring is 1. The molecule has 1 heterocycles. The largest absolute Gasteiger partial charge is 0.336 e. The molecule has 4 nitrogen and oxygen atoms in total. The van der Waals surface area contributed by atoms with E-state index in [4.69, 9.17) is 18.1 Å². The Balaban J connectivity index is 1.98. The van der Waals surface area contributed by atoms with E-state index in [0.717, 1.165) is 6.07 Å². The van der Waals surface area contributed by atoms with Gasteiger partial charge in [0.2, 0.25) is 4.77 Å². The number of hydrogen-bond donors (Lipinski definition) is 1. The van der Waals surface area contributed by atoms with Gasteiger partial charge in [0.15, 0.2) is 0 Å². The fraction of sp³-hybridized carbons (Fsp3) is 0.333. The van der Waals surface area contributed by atoms with Crippen LogP contribution in [-0.2, 0) is 12.8 Å². The molecule has 0 saturated heterocycles. The van der Waals surface area contributed by atoms with Gasteiger partial charge in [-0.1, -0.05) is 0 Å². The van der Waals surface area contributed by atoms with Crippen LogP contribution in [0.15, 0.2) is 18.5 Å². The highest BCUT2D eigenvalue weighted by Crippen LogP contribution is 2.30. The third kappa shape index (κ3) is 2.03. The van der Waals surface area contributed by atoms with Crippen LogP contribution in [0.1, 0.15) is 23.6 Å². The van der Waals surface area contributed by atoms with Crippen molar-refractivity contribution in [1.29, 1.82) is 0 Å². The third-order valence-electron chi connectivity index (χ3n) is 3.50. The lowest BCUT2D eigenvalue weighted by atomic mass is 9.88. The quantitative estimate of drug-likeness (QED) is 0.644. The summed E-state index contributed by atoms with van der Waals surface area (Å²) in [7, 11) is 0. The van der Waals surface area contributed by atoms with Crippen molar-refractivity contribution in [2.24, 2.45) is 0 Å². The van der Waals surface area contributed by atoms with Crippen molar-refractivity contribution in [3.05, 3.63) is 46.0 Å². The van der Waals surface area contributed by atoms with Crippen molar-refractivity contribution in [2.75, 3.05) is 5.84 Å². The Labute approximate surface area is 113 Å². The molecular formula is C12H12F2N4S. The smallest absolute Gasteiger partial charge is 0.216 e. The van der Waals surface area contributed by atoms with Gasteiger partial charge in [-0.25, -0.2) is 18.1 Å². The Morgan fingerprint density at radius 1 is 1.37 bits per heavy atom. The molecule has 1 atom stereocenters. The normalized spacial score (nSPS) is 18.3.